The molecule has 1 aromatic rings. The van der Waals surface area contributed by atoms with Crippen molar-refractivity contribution in [2.75, 3.05) is 11.9 Å². The fourth-order valence-electron chi connectivity index (χ4n) is 0.679. The molecule has 0 saturated heterocycles. The Morgan fingerprint density at radius 3 is 3.08 bits per heavy atom. The van der Waals surface area contributed by atoms with E-state index in [4.69, 9.17) is 18.0 Å². The molecule has 1 aromatic heterocycles. The van der Waals surface area contributed by atoms with Crippen molar-refractivity contribution in [1.82, 2.24) is 4.98 Å². The molecule has 0 radical (unpaired) electrons. The van der Waals surface area contributed by atoms with Crippen molar-refractivity contribution in [1.29, 1.82) is 0 Å². The van der Waals surface area contributed by atoms with Crippen LogP contribution in [-0.2, 0) is 0 Å². The number of halogens is 2. The number of pyridine rings is 1. The van der Waals surface area contributed by atoms with E-state index >= 15 is 0 Å². The highest BCUT2D eigenvalue weighted by Crippen LogP contribution is 2.22. The SMILES string of the molecule is C#CCNc1ncc(Cl)cc1Br. The molecule has 0 aliphatic rings. The van der Waals surface area contributed by atoms with E-state index in [1.54, 1.807) is 12.3 Å². The van der Waals surface area contributed by atoms with Crippen LogP contribution in [0.2, 0.25) is 5.02 Å². The fraction of sp³-hybridized carbons (Fsp3) is 0.125. The highest BCUT2D eigenvalue weighted by Gasteiger charge is 1.99. The molecule has 0 aliphatic heterocycles. The van der Waals surface area contributed by atoms with E-state index in [9.17, 15) is 0 Å². The van der Waals surface area contributed by atoms with Gasteiger partial charge in [-0.15, -0.1) is 6.42 Å². The number of nitrogens with one attached hydrogen (secondary N) is 1. The maximum Gasteiger partial charge on any atom is 0.141 e. The van der Waals surface area contributed by atoms with Crippen molar-refractivity contribution in [2.45, 2.75) is 0 Å². The first-order chi connectivity index (χ1) is 5.74. The topological polar surface area (TPSA) is 24.9 Å². The van der Waals surface area contributed by atoms with Crippen LogP contribution >= 0.6 is 27.5 Å². The van der Waals surface area contributed by atoms with Gasteiger partial charge in [-0.25, -0.2) is 4.98 Å². The van der Waals surface area contributed by atoms with Crippen LogP contribution in [0.4, 0.5) is 5.82 Å². The van der Waals surface area contributed by atoms with Crippen LogP contribution in [0.1, 0.15) is 0 Å². The highest BCUT2D eigenvalue weighted by atomic mass is 79.9. The van der Waals surface area contributed by atoms with Crippen molar-refractivity contribution >= 4 is 33.3 Å². The van der Waals surface area contributed by atoms with Crippen molar-refractivity contribution in [2.24, 2.45) is 0 Å². The first-order valence-corrected chi connectivity index (χ1v) is 4.39. The molecule has 0 aromatic carbocycles. The van der Waals surface area contributed by atoms with Crippen molar-refractivity contribution < 1.29 is 0 Å². The van der Waals surface area contributed by atoms with E-state index in [-0.39, 0.29) is 0 Å². The smallest absolute Gasteiger partial charge is 0.141 e. The molecule has 2 nitrogen and oxygen atoms in total. The average Bonchev–Trinajstić information content (AvgIpc) is 2.03. The molecule has 1 heterocycles. The van der Waals surface area contributed by atoms with E-state index in [0.29, 0.717) is 17.4 Å². The molecule has 0 unspecified atom stereocenters. The lowest BCUT2D eigenvalue weighted by molar-refractivity contribution is 1.23. The van der Waals surface area contributed by atoms with Gasteiger partial charge in [0, 0.05) is 6.20 Å². The van der Waals surface area contributed by atoms with Gasteiger partial charge in [0.05, 0.1) is 16.0 Å². The predicted octanol–water partition coefficient (Wildman–Crippen LogP) is 2.54. The summed E-state index contributed by atoms with van der Waals surface area (Å²) in [6.45, 7) is 0.452. The second-order valence-corrected chi connectivity index (χ2v) is 3.33. The summed E-state index contributed by atoms with van der Waals surface area (Å²) in [5, 5.41) is 3.53. The Morgan fingerprint density at radius 2 is 2.50 bits per heavy atom. The Hall–Kier alpha value is -0.720. The molecule has 0 spiro atoms. The van der Waals surface area contributed by atoms with E-state index in [0.717, 1.165) is 4.47 Å². The molecular weight excluding hydrogens is 239 g/mol. The molecule has 62 valence electrons. The molecule has 12 heavy (non-hydrogen) atoms. The van der Waals surface area contributed by atoms with Crippen LogP contribution in [0.15, 0.2) is 16.7 Å². The minimum atomic E-state index is 0.452. The summed E-state index contributed by atoms with van der Waals surface area (Å²) >= 11 is 8.99. The Kier molecular flexibility index (Phi) is 3.39. The zero-order chi connectivity index (χ0) is 8.97. The van der Waals surface area contributed by atoms with Gasteiger partial charge in [-0.05, 0) is 22.0 Å². The maximum absolute atomic E-state index is 5.69. The summed E-state index contributed by atoms with van der Waals surface area (Å²) in [4.78, 5) is 4.03. The van der Waals surface area contributed by atoms with Gasteiger partial charge in [-0.3, -0.25) is 0 Å². The molecule has 0 bridgehead atoms. The zero-order valence-corrected chi connectivity index (χ0v) is 8.48. The summed E-state index contributed by atoms with van der Waals surface area (Å²) in [7, 11) is 0. The highest BCUT2D eigenvalue weighted by molar-refractivity contribution is 9.10. The maximum atomic E-state index is 5.69. The lowest BCUT2D eigenvalue weighted by Crippen LogP contribution is -2.00. The third-order valence-corrected chi connectivity index (χ3v) is 1.98. The van der Waals surface area contributed by atoms with Crippen LogP contribution in [0, 0.1) is 12.3 Å². The third-order valence-electron chi connectivity index (χ3n) is 1.17. The Morgan fingerprint density at radius 1 is 1.75 bits per heavy atom. The number of rotatable bonds is 2. The number of terminal acetylenes is 1. The van der Waals surface area contributed by atoms with Crippen molar-refractivity contribution in [3.05, 3.63) is 21.8 Å². The van der Waals surface area contributed by atoms with E-state index < -0.39 is 0 Å². The normalized spacial score (nSPS) is 9.08. The van der Waals surface area contributed by atoms with Crippen LogP contribution in [-0.4, -0.2) is 11.5 Å². The molecular formula is C8H6BrClN2. The van der Waals surface area contributed by atoms with Crippen molar-refractivity contribution in [3.63, 3.8) is 0 Å². The first-order valence-electron chi connectivity index (χ1n) is 3.22. The summed E-state index contributed by atoms with van der Waals surface area (Å²) in [5.41, 5.74) is 0. The number of hydrogen-bond acceptors (Lipinski definition) is 2. The molecule has 4 heteroatoms. The van der Waals surface area contributed by atoms with Crippen molar-refractivity contribution in [3.8, 4) is 12.3 Å². The molecule has 0 aliphatic carbocycles. The summed E-state index contributed by atoms with van der Waals surface area (Å²) in [6, 6.07) is 1.76. The monoisotopic (exact) mass is 244 g/mol. The second kappa shape index (κ2) is 4.34. The average molecular weight is 246 g/mol. The third kappa shape index (κ3) is 2.40. The Balaban J connectivity index is 2.81. The minimum absolute atomic E-state index is 0.452. The lowest BCUT2D eigenvalue weighted by Gasteiger charge is -2.03. The van der Waals surface area contributed by atoms with Gasteiger partial charge in [0.2, 0.25) is 0 Å². The van der Waals surface area contributed by atoms with Gasteiger partial charge >= 0.3 is 0 Å². The van der Waals surface area contributed by atoms with E-state index in [1.807, 2.05) is 0 Å². The molecule has 0 amide bonds. The second-order valence-electron chi connectivity index (χ2n) is 2.04. The largest absolute Gasteiger partial charge is 0.358 e. The molecule has 1 N–H and O–H groups in total. The van der Waals surface area contributed by atoms with E-state index in [1.165, 1.54) is 0 Å². The summed E-state index contributed by atoms with van der Waals surface area (Å²) < 4.78 is 0.810. The summed E-state index contributed by atoms with van der Waals surface area (Å²) in [6.07, 6.45) is 6.64. The molecule has 1 rings (SSSR count). The lowest BCUT2D eigenvalue weighted by atomic mass is 10.4. The molecule has 0 saturated carbocycles. The van der Waals surface area contributed by atoms with Gasteiger partial charge < -0.3 is 5.32 Å². The first kappa shape index (κ1) is 9.37. The standard InChI is InChI=1S/C8H6BrClN2/c1-2-3-11-8-7(9)4-6(10)5-12-8/h1,4-5H,3H2,(H,11,12). The minimum Gasteiger partial charge on any atom is -0.358 e. The van der Waals surface area contributed by atoms with Crippen LogP contribution in [0.25, 0.3) is 0 Å². The van der Waals surface area contributed by atoms with Gasteiger partial charge in [-0.1, -0.05) is 17.5 Å². The van der Waals surface area contributed by atoms with Gasteiger partial charge in [0.25, 0.3) is 0 Å². The number of hydrogen-bond donors (Lipinski definition) is 1. The number of aromatic nitrogens is 1. The zero-order valence-electron chi connectivity index (χ0n) is 6.14. The molecule has 0 fully saturated rings. The van der Waals surface area contributed by atoms with E-state index in [2.05, 4.69) is 32.2 Å². The summed E-state index contributed by atoms with van der Waals surface area (Å²) in [5.74, 6) is 3.16. The van der Waals surface area contributed by atoms with Crippen LogP contribution < -0.4 is 5.32 Å². The van der Waals surface area contributed by atoms with Crippen LogP contribution in [0.5, 0.6) is 0 Å². The van der Waals surface area contributed by atoms with Gasteiger partial charge in [0.1, 0.15) is 5.82 Å². The van der Waals surface area contributed by atoms with Crippen LogP contribution in [0.3, 0.4) is 0 Å². The molecule has 0 atom stereocenters. The van der Waals surface area contributed by atoms with Gasteiger partial charge in [0.15, 0.2) is 0 Å². The Labute approximate surface area is 84.5 Å². The predicted molar refractivity (Wildman–Crippen MR) is 54.3 cm³/mol. The Bertz CT molecular complexity index is 319. The van der Waals surface area contributed by atoms with Gasteiger partial charge in [-0.2, -0.15) is 0 Å². The number of nitrogens with zero attached hydrogens (tertiary/aromatic N) is 1. The fourth-order valence-corrected chi connectivity index (χ4v) is 1.46. The quantitative estimate of drug-likeness (QED) is 0.810. The number of anilines is 1.